The average molecular weight is 249 g/mol. The molecule has 4 aliphatic carbocycles. The largest absolute Gasteiger partial charge is 0.271 e. The lowest BCUT2D eigenvalue weighted by Gasteiger charge is -2.64. The number of hydrogen-bond acceptors (Lipinski definition) is 2. The van der Waals surface area contributed by atoms with Crippen LogP contribution in [0.1, 0.15) is 52.4 Å². The topological polar surface area (TPSA) is 29.4 Å². The monoisotopic (exact) mass is 249 g/mol. The van der Waals surface area contributed by atoms with Gasteiger partial charge >= 0.3 is 0 Å². The molecule has 0 aromatic heterocycles. The van der Waals surface area contributed by atoms with Crippen molar-refractivity contribution in [2.45, 2.75) is 52.4 Å². The quantitative estimate of drug-likeness (QED) is 0.525. The van der Waals surface area contributed by atoms with Crippen molar-refractivity contribution in [3.05, 3.63) is 0 Å². The number of thiocarbonyl (C=S) groups is 1. The van der Waals surface area contributed by atoms with Crippen molar-refractivity contribution in [1.82, 2.24) is 0 Å². The van der Waals surface area contributed by atoms with E-state index in [9.17, 15) is 4.79 Å². The maximum absolute atomic E-state index is 12.3. The van der Waals surface area contributed by atoms with E-state index in [4.69, 9.17) is 0 Å². The Morgan fingerprint density at radius 3 is 2.24 bits per heavy atom. The van der Waals surface area contributed by atoms with Crippen molar-refractivity contribution in [2.75, 3.05) is 0 Å². The van der Waals surface area contributed by atoms with Crippen LogP contribution >= 0.6 is 12.2 Å². The standard InChI is InChI=1S/C14H19NOS/c1-12-3-10-4-13(2,6-12)8-14(5-10,7-12)11(16)15-9-17/h10H,3-8H2,1-2H3. The second kappa shape index (κ2) is 3.27. The van der Waals surface area contributed by atoms with E-state index in [-0.39, 0.29) is 11.3 Å². The highest BCUT2D eigenvalue weighted by molar-refractivity contribution is 7.78. The summed E-state index contributed by atoms with van der Waals surface area (Å²) in [6.45, 7) is 4.72. The molecule has 2 atom stereocenters. The highest BCUT2D eigenvalue weighted by atomic mass is 32.1. The van der Waals surface area contributed by atoms with Crippen LogP contribution < -0.4 is 0 Å². The Labute approximate surface area is 108 Å². The molecule has 4 aliphatic rings. The fraction of sp³-hybridized carbons (Fsp3) is 0.857. The Morgan fingerprint density at radius 1 is 1.18 bits per heavy atom. The minimum atomic E-state index is -0.200. The summed E-state index contributed by atoms with van der Waals surface area (Å²) in [7, 11) is 0. The number of hydrogen-bond donors (Lipinski definition) is 0. The van der Waals surface area contributed by atoms with Crippen LogP contribution in [0.15, 0.2) is 4.99 Å². The van der Waals surface area contributed by atoms with E-state index in [2.05, 4.69) is 36.2 Å². The molecule has 92 valence electrons. The molecular weight excluding hydrogens is 230 g/mol. The molecule has 17 heavy (non-hydrogen) atoms. The Hall–Kier alpha value is -0.530. The molecule has 0 radical (unpaired) electrons. The van der Waals surface area contributed by atoms with Gasteiger partial charge in [0.2, 0.25) is 0 Å². The predicted octanol–water partition coefficient (Wildman–Crippen LogP) is 3.61. The molecule has 4 bridgehead atoms. The smallest absolute Gasteiger partial charge is 0.260 e. The van der Waals surface area contributed by atoms with Crippen LogP contribution in [0, 0.1) is 22.2 Å². The van der Waals surface area contributed by atoms with Crippen LogP contribution in [0.25, 0.3) is 0 Å². The van der Waals surface area contributed by atoms with Crippen LogP contribution in [0.2, 0.25) is 0 Å². The van der Waals surface area contributed by atoms with E-state index < -0.39 is 0 Å². The van der Waals surface area contributed by atoms with Gasteiger partial charge in [0.05, 0.1) is 10.6 Å². The zero-order valence-electron chi connectivity index (χ0n) is 10.6. The van der Waals surface area contributed by atoms with Crippen LogP contribution in [0.4, 0.5) is 0 Å². The van der Waals surface area contributed by atoms with Crippen LogP contribution in [0.5, 0.6) is 0 Å². The third-order valence-electron chi connectivity index (χ3n) is 5.23. The van der Waals surface area contributed by atoms with Crippen molar-refractivity contribution in [1.29, 1.82) is 0 Å². The molecule has 2 unspecified atom stereocenters. The number of carbonyl (C=O) groups excluding carboxylic acids is 1. The summed E-state index contributed by atoms with van der Waals surface area (Å²) in [5, 5.41) is 2.28. The maximum atomic E-state index is 12.3. The SMILES string of the molecule is CC12CC3CC(C)(C1)CC(C(=O)N=C=S)(C3)C2. The highest BCUT2D eigenvalue weighted by Gasteiger charge is 2.62. The zero-order valence-corrected chi connectivity index (χ0v) is 11.4. The van der Waals surface area contributed by atoms with Gasteiger partial charge in [-0.3, -0.25) is 4.79 Å². The summed E-state index contributed by atoms with van der Waals surface area (Å²) in [4.78, 5) is 16.1. The van der Waals surface area contributed by atoms with Gasteiger partial charge in [-0.05, 0) is 67.5 Å². The van der Waals surface area contributed by atoms with E-state index in [1.54, 1.807) is 0 Å². The van der Waals surface area contributed by atoms with Gasteiger partial charge in [0.1, 0.15) is 0 Å². The Bertz CT molecular complexity index is 420. The van der Waals surface area contributed by atoms with Gasteiger partial charge in [-0.1, -0.05) is 13.8 Å². The summed E-state index contributed by atoms with van der Waals surface area (Å²) in [6.07, 6.45) is 6.97. The normalized spacial score (nSPS) is 51.1. The fourth-order valence-electron chi connectivity index (χ4n) is 5.85. The lowest BCUT2D eigenvalue weighted by atomic mass is 9.40. The minimum absolute atomic E-state index is 0.00838. The van der Waals surface area contributed by atoms with Gasteiger partial charge in [0.25, 0.3) is 5.91 Å². The van der Waals surface area contributed by atoms with Crippen molar-refractivity contribution in [3.63, 3.8) is 0 Å². The molecule has 0 aliphatic heterocycles. The van der Waals surface area contributed by atoms with Gasteiger partial charge in [-0.2, -0.15) is 4.99 Å². The first-order chi connectivity index (χ1) is 7.89. The summed E-state index contributed by atoms with van der Waals surface area (Å²) in [5.41, 5.74) is 0.524. The van der Waals surface area contributed by atoms with Gasteiger partial charge in [0, 0.05) is 0 Å². The third-order valence-corrected chi connectivity index (χ3v) is 5.32. The van der Waals surface area contributed by atoms with Crippen molar-refractivity contribution >= 4 is 23.3 Å². The molecule has 0 aromatic carbocycles. The Balaban J connectivity index is 2.03. The summed E-state index contributed by atoms with van der Waals surface area (Å²) in [6, 6.07) is 0. The molecule has 3 heteroatoms. The number of rotatable bonds is 1. The lowest BCUT2D eigenvalue weighted by molar-refractivity contribution is -0.166. The molecule has 0 aromatic rings. The van der Waals surface area contributed by atoms with Crippen LogP contribution in [-0.2, 0) is 4.79 Å². The predicted molar refractivity (Wildman–Crippen MR) is 69.9 cm³/mol. The second-order valence-corrected chi connectivity index (χ2v) is 7.60. The lowest BCUT2D eigenvalue weighted by Crippen LogP contribution is -2.57. The third kappa shape index (κ3) is 1.63. The molecule has 4 saturated carbocycles. The van der Waals surface area contributed by atoms with E-state index in [0.29, 0.717) is 10.8 Å². The number of aliphatic imine (C=N–C) groups is 1. The first-order valence-corrected chi connectivity index (χ1v) is 6.92. The molecule has 0 heterocycles. The van der Waals surface area contributed by atoms with E-state index in [0.717, 1.165) is 25.2 Å². The maximum Gasteiger partial charge on any atom is 0.260 e. The number of carbonyl (C=O) groups is 1. The van der Waals surface area contributed by atoms with Crippen molar-refractivity contribution < 1.29 is 4.79 Å². The van der Waals surface area contributed by atoms with Gasteiger partial charge < -0.3 is 0 Å². The van der Waals surface area contributed by atoms with E-state index >= 15 is 0 Å². The number of amides is 1. The number of isothiocyanates is 1. The summed E-state index contributed by atoms with van der Waals surface area (Å²) < 4.78 is 0. The molecular formula is C14H19NOS. The second-order valence-electron chi connectivity index (χ2n) is 7.42. The molecule has 0 N–H and O–H groups in total. The van der Waals surface area contributed by atoms with Crippen LogP contribution in [-0.4, -0.2) is 11.1 Å². The first kappa shape index (κ1) is 11.6. The van der Waals surface area contributed by atoms with Gasteiger partial charge in [-0.15, -0.1) is 0 Å². The van der Waals surface area contributed by atoms with Crippen molar-refractivity contribution in [2.24, 2.45) is 27.2 Å². The molecule has 4 rings (SSSR count). The first-order valence-electron chi connectivity index (χ1n) is 6.51. The van der Waals surface area contributed by atoms with E-state index in [1.807, 2.05) is 0 Å². The molecule has 0 spiro atoms. The Morgan fingerprint density at radius 2 is 1.76 bits per heavy atom. The van der Waals surface area contributed by atoms with E-state index in [1.165, 1.54) is 19.3 Å². The Kier molecular flexibility index (Phi) is 2.22. The fourth-order valence-corrected chi connectivity index (χ4v) is 5.93. The zero-order chi connectivity index (χ0) is 12.3. The van der Waals surface area contributed by atoms with Gasteiger partial charge in [0.15, 0.2) is 0 Å². The average Bonchev–Trinajstić information content (AvgIpc) is 2.11. The molecule has 4 fully saturated rings. The summed E-state index contributed by atoms with van der Waals surface area (Å²) in [5.74, 6) is 0.736. The molecule has 0 saturated heterocycles. The molecule has 1 amide bonds. The minimum Gasteiger partial charge on any atom is -0.271 e. The van der Waals surface area contributed by atoms with Crippen LogP contribution in [0.3, 0.4) is 0 Å². The van der Waals surface area contributed by atoms with Crippen molar-refractivity contribution in [3.8, 4) is 0 Å². The highest BCUT2D eigenvalue weighted by Crippen LogP contribution is 2.69. The molecule has 2 nitrogen and oxygen atoms in total. The van der Waals surface area contributed by atoms with Gasteiger partial charge in [-0.25, -0.2) is 0 Å². The number of nitrogens with zero attached hydrogens (tertiary/aromatic N) is 1. The summed E-state index contributed by atoms with van der Waals surface area (Å²) >= 11 is 4.60.